The van der Waals surface area contributed by atoms with Crippen LogP contribution in [0.1, 0.15) is 5.56 Å². The fourth-order valence-electron chi connectivity index (χ4n) is 0.827. The molecule has 0 aliphatic carbocycles. The molecule has 1 rings (SSSR count). The first-order valence-electron chi connectivity index (χ1n) is 4.14. The number of carbonyl (C=O) groups excluding carboxylic acids is 1. The van der Waals surface area contributed by atoms with Crippen LogP contribution < -0.4 is 0 Å². The van der Waals surface area contributed by atoms with Gasteiger partial charge in [0.15, 0.2) is 0 Å². The Morgan fingerprint density at radius 1 is 1.40 bits per heavy atom. The molecule has 0 amide bonds. The van der Waals surface area contributed by atoms with Crippen LogP contribution in [-0.4, -0.2) is 17.3 Å². The molecule has 0 radical (unpaired) electrons. The van der Waals surface area contributed by atoms with Crippen molar-refractivity contribution in [3.63, 3.8) is 0 Å². The van der Waals surface area contributed by atoms with Crippen LogP contribution in [0.2, 0.25) is 0 Å². The smallest absolute Gasteiger partial charge is 0.317 e. The van der Waals surface area contributed by atoms with Gasteiger partial charge in [0, 0.05) is 5.56 Å². The third-order valence-electron chi connectivity index (χ3n) is 1.45. The molecule has 78 valence electrons. The van der Waals surface area contributed by atoms with Crippen molar-refractivity contribution in [1.82, 2.24) is 0 Å². The summed E-state index contributed by atoms with van der Waals surface area (Å²) in [5.74, 6) is 4.40. The Morgan fingerprint density at radius 3 is 2.67 bits per heavy atom. The first-order valence-corrected chi connectivity index (χ1v) is 5.40. The Balaban J connectivity index is 2.51. The minimum Gasteiger partial charge on any atom is -0.326 e. The van der Waals surface area contributed by atoms with E-state index in [0.717, 1.165) is 0 Å². The van der Waals surface area contributed by atoms with Crippen LogP contribution in [0.4, 0.5) is 0 Å². The van der Waals surface area contributed by atoms with Gasteiger partial charge >= 0.3 is 8.25 Å². The molecular weight excluding hydrogens is 215 g/mol. The van der Waals surface area contributed by atoms with Crippen molar-refractivity contribution in [2.24, 2.45) is 0 Å². The summed E-state index contributed by atoms with van der Waals surface area (Å²) in [7, 11) is -3.05. The summed E-state index contributed by atoms with van der Waals surface area (Å²) < 4.78 is 14.4. The standard InChI is InChI=1S/C10H9O4P/c11-10(8-14-15(12)13)7-6-9-4-2-1-3-5-9/h1-5,15H,8H2,(H,12,13). The summed E-state index contributed by atoms with van der Waals surface area (Å²) >= 11 is 0. The second kappa shape index (κ2) is 6.15. The highest BCUT2D eigenvalue weighted by Crippen LogP contribution is 2.13. The number of hydrogen-bond donors (Lipinski definition) is 1. The SMILES string of the molecule is O=C(C#Cc1ccccc1)CO[PH](=O)O. The molecule has 0 aromatic heterocycles. The molecule has 1 N–H and O–H groups in total. The Morgan fingerprint density at radius 2 is 2.07 bits per heavy atom. The summed E-state index contributed by atoms with van der Waals surface area (Å²) in [5, 5.41) is 0. The van der Waals surface area contributed by atoms with Crippen molar-refractivity contribution in [1.29, 1.82) is 0 Å². The van der Waals surface area contributed by atoms with Gasteiger partial charge in [0.2, 0.25) is 5.78 Å². The van der Waals surface area contributed by atoms with Gasteiger partial charge in [-0.15, -0.1) is 0 Å². The lowest BCUT2D eigenvalue weighted by Gasteiger charge is -1.92. The number of Topliss-reactive ketones (excluding diaryl/α,β-unsaturated/α-hetero) is 1. The first kappa shape index (κ1) is 11.7. The van der Waals surface area contributed by atoms with E-state index in [-0.39, 0.29) is 0 Å². The Kier molecular flexibility index (Phi) is 4.79. The predicted octanol–water partition coefficient (Wildman–Crippen LogP) is 1.01. The molecule has 5 heteroatoms. The zero-order valence-corrected chi connectivity index (χ0v) is 8.77. The average Bonchev–Trinajstić information content (AvgIpc) is 2.25. The summed E-state index contributed by atoms with van der Waals surface area (Å²) in [4.78, 5) is 19.3. The molecule has 4 nitrogen and oxygen atoms in total. The zero-order valence-electron chi connectivity index (χ0n) is 7.77. The van der Waals surface area contributed by atoms with Crippen molar-refractivity contribution >= 4 is 14.0 Å². The molecule has 1 unspecified atom stereocenters. The molecule has 0 spiro atoms. The van der Waals surface area contributed by atoms with Crippen LogP contribution >= 0.6 is 8.25 Å². The van der Waals surface area contributed by atoms with Gasteiger partial charge in [-0.25, -0.2) is 0 Å². The Bertz CT molecular complexity index is 416. The van der Waals surface area contributed by atoms with E-state index in [1.165, 1.54) is 0 Å². The second-order valence-corrected chi connectivity index (χ2v) is 3.41. The number of ketones is 1. The number of carbonyl (C=O) groups is 1. The zero-order chi connectivity index (χ0) is 11.1. The highest BCUT2D eigenvalue weighted by Gasteiger charge is 1.98. The lowest BCUT2D eigenvalue weighted by atomic mass is 10.2. The molecule has 0 heterocycles. The maximum absolute atomic E-state index is 11.0. The van der Waals surface area contributed by atoms with E-state index in [1.807, 2.05) is 6.07 Å². The van der Waals surface area contributed by atoms with Crippen molar-refractivity contribution in [2.75, 3.05) is 6.61 Å². The van der Waals surface area contributed by atoms with Gasteiger partial charge in [0.05, 0.1) is 0 Å². The molecular formula is C10H9O4P. The molecule has 0 aliphatic heterocycles. The van der Waals surface area contributed by atoms with Crippen LogP contribution in [0.3, 0.4) is 0 Å². The third-order valence-corrected chi connectivity index (χ3v) is 1.84. The van der Waals surface area contributed by atoms with E-state index in [2.05, 4.69) is 16.4 Å². The van der Waals surface area contributed by atoms with Crippen molar-refractivity contribution < 1.29 is 18.8 Å². The van der Waals surface area contributed by atoms with Crippen LogP contribution in [0.5, 0.6) is 0 Å². The predicted molar refractivity (Wildman–Crippen MR) is 55.5 cm³/mol. The molecule has 1 aromatic rings. The second-order valence-electron chi connectivity index (χ2n) is 2.59. The number of benzene rings is 1. The van der Waals surface area contributed by atoms with Gasteiger partial charge in [0.1, 0.15) is 6.61 Å². The van der Waals surface area contributed by atoms with Gasteiger partial charge in [-0.3, -0.25) is 9.36 Å². The highest BCUT2D eigenvalue weighted by atomic mass is 31.1. The van der Waals surface area contributed by atoms with E-state index in [4.69, 9.17) is 4.89 Å². The lowest BCUT2D eigenvalue weighted by Crippen LogP contribution is -2.01. The van der Waals surface area contributed by atoms with Gasteiger partial charge in [-0.1, -0.05) is 24.1 Å². The molecule has 0 fully saturated rings. The van der Waals surface area contributed by atoms with E-state index in [1.54, 1.807) is 24.3 Å². The molecule has 0 bridgehead atoms. The minimum atomic E-state index is -3.05. The lowest BCUT2D eigenvalue weighted by molar-refractivity contribution is -0.115. The Hall–Kier alpha value is -1.40. The third kappa shape index (κ3) is 5.14. The van der Waals surface area contributed by atoms with Crippen molar-refractivity contribution in [2.45, 2.75) is 0 Å². The first-order chi connectivity index (χ1) is 7.18. The monoisotopic (exact) mass is 224 g/mol. The number of rotatable bonds is 3. The maximum Gasteiger partial charge on any atom is 0.317 e. The molecule has 15 heavy (non-hydrogen) atoms. The minimum absolute atomic E-state index is 0.450. The van der Waals surface area contributed by atoms with Crippen LogP contribution in [0, 0.1) is 11.8 Å². The fourth-order valence-corrected chi connectivity index (χ4v) is 1.08. The van der Waals surface area contributed by atoms with Crippen LogP contribution in [0.15, 0.2) is 30.3 Å². The van der Waals surface area contributed by atoms with E-state index in [0.29, 0.717) is 5.56 Å². The van der Waals surface area contributed by atoms with Crippen LogP contribution in [-0.2, 0) is 13.9 Å². The average molecular weight is 224 g/mol. The largest absolute Gasteiger partial charge is 0.326 e. The van der Waals surface area contributed by atoms with Crippen LogP contribution in [0.25, 0.3) is 0 Å². The maximum atomic E-state index is 11.0. The fraction of sp³-hybridized carbons (Fsp3) is 0.100. The van der Waals surface area contributed by atoms with Gasteiger partial charge in [0.25, 0.3) is 0 Å². The van der Waals surface area contributed by atoms with Crippen molar-refractivity contribution in [3.05, 3.63) is 35.9 Å². The molecule has 0 saturated carbocycles. The van der Waals surface area contributed by atoms with E-state index < -0.39 is 20.6 Å². The topological polar surface area (TPSA) is 63.6 Å². The van der Waals surface area contributed by atoms with Gasteiger partial charge < -0.3 is 9.42 Å². The highest BCUT2D eigenvalue weighted by molar-refractivity contribution is 7.32. The van der Waals surface area contributed by atoms with Gasteiger partial charge in [-0.2, -0.15) is 0 Å². The normalized spacial score (nSPS) is 11.3. The molecule has 1 aromatic carbocycles. The van der Waals surface area contributed by atoms with Gasteiger partial charge in [-0.05, 0) is 18.1 Å². The summed E-state index contributed by atoms with van der Waals surface area (Å²) in [6, 6.07) is 8.97. The molecule has 0 saturated heterocycles. The summed E-state index contributed by atoms with van der Waals surface area (Å²) in [6.07, 6.45) is 0. The summed E-state index contributed by atoms with van der Waals surface area (Å²) in [5.41, 5.74) is 0.711. The van der Waals surface area contributed by atoms with E-state index in [9.17, 15) is 9.36 Å². The Labute approximate surface area is 87.8 Å². The molecule has 1 atom stereocenters. The summed E-state index contributed by atoms with van der Waals surface area (Å²) in [6.45, 7) is -0.450. The van der Waals surface area contributed by atoms with E-state index >= 15 is 0 Å². The quantitative estimate of drug-likeness (QED) is 0.614. The number of hydrogen-bond acceptors (Lipinski definition) is 3. The molecule has 0 aliphatic rings. The van der Waals surface area contributed by atoms with Crippen molar-refractivity contribution in [3.8, 4) is 11.8 Å².